The SMILES string of the molecule is CC(C)(C)OC(=O)NCC1(C(=O)N[C@H](CO)Cc2cnc[nH]2)CCC1. The van der Waals surface area contributed by atoms with Crippen molar-refractivity contribution in [3.05, 3.63) is 18.2 Å². The normalized spacial score (nSPS) is 17.3. The first-order chi connectivity index (χ1) is 11.7. The van der Waals surface area contributed by atoms with Gasteiger partial charge in [-0.25, -0.2) is 9.78 Å². The van der Waals surface area contributed by atoms with Crippen molar-refractivity contribution in [1.82, 2.24) is 20.6 Å². The van der Waals surface area contributed by atoms with Gasteiger partial charge >= 0.3 is 6.09 Å². The Labute approximate surface area is 147 Å². The van der Waals surface area contributed by atoms with Crippen molar-refractivity contribution in [2.75, 3.05) is 13.2 Å². The number of nitrogens with one attached hydrogen (secondary N) is 3. The van der Waals surface area contributed by atoms with Crippen molar-refractivity contribution < 1.29 is 19.4 Å². The van der Waals surface area contributed by atoms with Gasteiger partial charge < -0.3 is 25.5 Å². The summed E-state index contributed by atoms with van der Waals surface area (Å²) >= 11 is 0. The van der Waals surface area contributed by atoms with E-state index in [9.17, 15) is 14.7 Å². The minimum Gasteiger partial charge on any atom is -0.444 e. The van der Waals surface area contributed by atoms with E-state index in [4.69, 9.17) is 4.74 Å². The standard InChI is InChI=1S/C17H28N4O4/c1-16(2,3)25-15(24)19-10-17(5-4-6-17)14(23)21-13(9-22)7-12-8-18-11-20-12/h8,11,13,22H,4-7,9-10H2,1-3H3,(H,18,20)(H,19,24)(H,21,23)/t13-/m0/s1. The van der Waals surface area contributed by atoms with Crippen LogP contribution in [0.2, 0.25) is 0 Å². The number of aromatic amines is 1. The van der Waals surface area contributed by atoms with Crippen LogP contribution in [0.1, 0.15) is 45.7 Å². The number of amides is 2. The monoisotopic (exact) mass is 352 g/mol. The quantitative estimate of drug-likeness (QED) is 0.587. The zero-order valence-electron chi connectivity index (χ0n) is 15.1. The summed E-state index contributed by atoms with van der Waals surface area (Å²) in [7, 11) is 0. The van der Waals surface area contributed by atoms with Gasteiger partial charge in [-0.05, 0) is 33.6 Å². The van der Waals surface area contributed by atoms with Crippen LogP contribution in [-0.4, -0.2) is 51.9 Å². The summed E-state index contributed by atoms with van der Waals surface area (Å²) in [4.78, 5) is 31.4. The van der Waals surface area contributed by atoms with Gasteiger partial charge in [0.05, 0.1) is 24.4 Å². The van der Waals surface area contributed by atoms with Gasteiger partial charge in [0.1, 0.15) is 5.60 Å². The average molecular weight is 352 g/mol. The fraction of sp³-hybridized carbons (Fsp3) is 0.706. The fourth-order valence-corrected chi connectivity index (χ4v) is 2.80. The molecule has 4 N–H and O–H groups in total. The molecular formula is C17H28N4O4. The van der Waals surface area contributed by atoms with E-state index in [0.717, 1.165) is 12.1 Å². The molecule has 1 aliphatic carbocycles. The molecule has 0 radical (unpaired) electrons. The second kappa shape index (κ2) is 7.86. The van der Waals surface area contributed by atoms with Crippen LogP contribution in [0.5, 0.6) is 0 Å². The van der Waals surface area contributed by atoms with Crippen molar-refractivity contribution in [1.29, 1.82) is 0 Å². The maximum atomic E-state index is 12.7. The fourth-order valence-electron chi connectivity index (χ4n) is 2.80. The largest absolute Gasteiger partial charge is 0.444 e. The minimum atomic E-state index is -0.627. The molecule has 0 saturated heterocycles. The van der Waals surface area contributed by atoms with Crippen LogP contribution in [0.3, 0.4) is 0 Å². The number of hydrogen-bond acceptors (Lipinski definition) is 5. The van der Waals surface area contributed by atoms with Crippen molar-refractivity contribution in [3.8, 4) is 0 Å². The lowest BCUT2D eigenvalue weighted by Gasteiger charge is -2.41. The van der Waals surface area contributed by atoms with Gasteiger partial charge in [-0.1, -0.05) is 6.42 Å². The highest BCUT2D eigenvalue weighted by atomic mass is 16.6. The molecule has 1 atom stereocenters. The smallest absolute Gasteiger partial charge is 0.407 e. The molecule has 0 unspecified atom stereocenters. The first kappa shape index (κ1) is 19.2. The second-order valence-electron chi connectivity index (χ2n) is 7.62. The van der Waals surface area contributed by atoms with Crippen molar-refractivity contribution >= 4 is 12.0 Å². The maximum absolute atomic E-state index is 12.7. The Morgan fingerprint density at radius 2 is 2.16 bits per heavy atom. The Morgan fingerprint density at radius 3 is 2.64 bits per heavy atom. The summed E-state index contributed by atoms with van der Waals surface area (Å²) in [5.74, 6) is -0.145. The van der Waals surface area contributed by atoms with Crippen LogP contribution < -0.4 is 10.6 Å². The zero-order valence-corrected chi connectivity index (χ0v) is 15.1. The van der Waals surface area contributed by atoms with Gasteiger partial charge in [-0.2, -0.15) is 0 Å². The van der Waals surface area contributed by atoms with E-state index in [0.29, 0.717) is 19.3 Å². The molecule has 1 aliphatic rings. The third kappa shape index (κ3) is 5.45. The first-order valence-electron chi connectivity index (χ1n) is 8.60. The highest BCUT2D eigenvalue weighted by Gasteiger charge is 2.45. The number of aliphatic hydroxyl groups excluding tert-OH is 1. The van der Waals surface area contributed by atoms with Crippen LogP contribution >= 0.6 is 0 Å². The third-order valence-corrected chi connectivity index (χ3v) is 4.34. The Balaban J connectivity index is 1.89. The number of nitrogens with zero attached hydrogens (tertiary/aromatic N) is 1. The molecular weight excluding hydrogens is 324 g/mol. The Kier molecular flexibility index (Phi) is 6.05. The number of alkyl carbamates (subject to hydrolysis) is 1. The van der Waals surface area contributed by atoms with Crippen LogP contribution in [0, 0.1) is 5.41 Å². The second-order valence-corrected chi connectivity index (χ2v) is 7.62. The number of aromatic nitrogens is 2. The molecule has 2 amide bonds. The van der Waals surface area contributed by atoms with Crippen molar-refractivity contribution in [3.63, 3.8) is 0 Å². The average Bonchev–Trinajstić information content (AvgIpc) is 2.96. The predicted molar refractivity (Wildman–Crippen MR) is 91.8 cm³/mol. The lowest BCUT2D eigenvalue weighted by atomic mass is 9.68. The maximum Gasteiger partial charge on any atom is 0.407 e. The molecule has 1 fully saturated rings. The van der Waals surface area contributed by atoms with Crippen molar-refractivity contribution in [2.45, 2.75) is 58.1 Å². The summed E-state index contributed by atoms with van der Waals surface area (Å²) in [5, 5.41) is 15.1. The van der Waals surface area contributed by atoms with E-state index in [1.807, 2.05) is 0 Å². The molecule has 0 spiro atoms. The summed E-state index contributed by atoms with van der Waals surface area (Å²) < 4.78 is 5.22. The van der Waals surface area contributed by atoms with E-state index < -0.39 is 23.2 Å². The molecule has 1 aromatic heterocycles. The van der Waals surface area contributed by atoms with Gasteiger partial charge in [0.2, 0.25) is 5.91 Å². The number of hydrogen-bond donors (Lipinski definition) is 4. The van der Waals surface area contributed by atoms with Gasteiger partial charge in [0.25, 0.3) is 0 Å². The Morgan fingerprint density at radius 1 is 1.44 bits per heavy atom. The van der Waals surface area contributed by atoms with Crippen LogP contribution in [-0.2, 0) is 16.0 Å². The number of rotatable bonds is 7. The van der Waals surface area contributed by atoms with E-state index in [-0.39, 0.29) is 19.1 Å². The van der Waals surface area contributed by atoms with Crippen LogP contribution in [0.4, 0.5) is 4.79 Å². The first-order valence-corrected chi connectivity index (χ1v) is 8.60. The van der Waals surface area contributed by atoms with Gasteiger partial charge in [0.15, 0.2) is 0 Å². The molecule has 1 saturated carbocycles. The summed E-state index contributed by atoms with van der Waals surface area (Å²) in [5.41, 5.74) is -0.363. The summed E-state index contributed by atoms with van der Waals surface area (Å²) in [6.45, 7) is 5.44. The molecule has 0 aromatic carbocycles. The molecule has 0 bridgehead atoms. The molecule has 8 nitrogen and oxygen atoms in total. The summed E-state index contributed by atoms with van der Waals surface area (Å²) in [6.07, 6.45) is 5.52. The minimum absolute atomic E-state index is 0.145. The number of H-pyrrole nitrogens is 1. The molecule has 1 aromatic rings. The lowest BCUT2D eigenvalue weighted by Crippen LogP contribution is -2.55. The highest BCUT2D eigenvalue weighted by Crippen LogP contribution is 2.40. The number of carbonyl (C=O) groups is 2. The topological polar surface area (TPSA) is 116 Å². The summed E-state index contributed by atoms with van der Waals surface area (Å²) in [6, 6.07) is -0.396. The molecule has 8 heteroatoms. The predicted octanol–water partition coefficient (Wildman–Crippen LogP) is 1.12. The number of carbonyl (C=O) groups excluding carboxylic acids is 2. The molecule has 0 aliphatic heterocycles. The van der Waals surface area contributed by atoms with E-state index >= 15 is 0 Å². The molecule has 1 heterocycles. The Bertz CT molecular complexity index is 576. The molecule has 25 heavy (non-hydrogen) atoms. The van der Waals surface area contributed by atoms with Crippen LogP contribution in [0.15, 0.2) is 12.5 Å². The third-order valence-electron chi connectivity index (χ3n) is 4.34. The Hall–Kier alpha value is -2.09. The molecule has 2 rings (SSSR count). The lowest BCUT2D eigenvalue weighted by molar-refractivity contribution is -0.136. The van der Waals surface area contributed by atoms with Crippen LogP contribution in [0.25, 0.3) is 0 Å². The van der Waals surface area contributed by atoms with E-state index in [1.165, 1.54) is 0 Å². The number of aliphatic hydroxyl groups is 1. The number of imidazole rings is 1. The van der Waals surface area contributed by atoms with Gasteiger partial charge in [0, 0.05) is 24.9 Å². The van der Waals surface area contributed by atoms with Gasteiger partial charge in [-0.15, -0.1) is 0 Å². The van der Waals surface area contributed by atoms with Crippen molar-refractivity contribution in [2.24, 2.45) is 5.41 Å². The highest BCUT2D eigenvalue weighted by molar-refractivity contribution is 5.84. The molecule has 140 valence electrons. The zero-order chi connectivity index (χ0) is 18.5. The van der Waals surface area contributed by atoms with E-state index in [2.05, 4.69) is 20.6 Å². The number of ether oxygens (including phenoxy) is 1. The van der Waals surface area contributed by atoms with E-state index in [1.54, 1.807) is 33.3 Å². The van der Waals surface area contributed by atoms with Gasteiger partial charge in [-0.3, -0.25) is 4.79 Å².